The highest BCUT2D eigenvalue weighted by atomic mass is 16.5. The summed E-state index contributed by atoms with van der Waals surface area (Å²) in [4.78, 5) is 16.4. The van der Waals surface area contributed by atoms with Crippen LogP contribution < -0.4 is 10.3 Å². The molecule has 1 N–H and O–H groups in total. The van der Waals surface area contributed by atoms with Gasteiger partial charge in [-0.25, -0.2) is 9.94 Å². The zero-order chi connectivity index (χ0) is 23.1. The third-order valence-electron chi connectivity index (χ3n) is 6.20. The van der Waals surface area contributed by atoms with E-state index in [9.17, 15) is 4.79 Å². The van der Waals surface area contributed by atoms with Crippen LogP contribution >= 0.6 is 0 Å². The maximum atomic E-state index is 12.6. The Kier molecular flexibility index (Phi) is 5.21. The Morgan fingerprint density at radius 1 is 1.21 bits per heavy atom. The molecule has 0 unspecified atom stereocenters. The van der Waals surface area contributed by atoms with Crippen LogP contribution in [0.2, 0.25) is 0 Å². The van der Waals surface area contributed by atoms with Crippen molar-refractivity contribution in [1.82, 2.24) is 20.0 Å². The average molecular weight is 440 g/mol. The monoisotopic (exact) mass is 439 g/mol. The Labute approximate surface area is 191 Å². The van der Waals surface area contributed by atoms with Gasteiger partial charge in [0, 0.05) is 23.6 Å². The number of nitrogens with one attached hydrogen (secondary N) is 1. The van der Waals surface area contributed by atoms with Crippen LogP contribution in [0, 0.1) is 6.57 Å². The second-order valence-corrected chi connectivity index (χ2v) is 8.38. The molecule has 7 nitrogen and oxygen atoms in total. The molecule has 1 aliphatic rings. The number of fused-ring (bicyclic) bond motifs is 1. The number of hydrogen-bond donors (Lipinski definition) is 1. The van der Waals surface area contributed by atoms with Gasteiger partial charge in [-0.05, 0) is 48.9 Å². The van der Waals surface area contributed by atoms with E-state index in [1.807, 2.05) is 51.4 Å². The number of rotatable bonds is 6. The SMILES string of the molecule is [C-]#[N+]c1c(OC2CC2)cccc1-c1c(-c2cc(CC)c3c(=O)[nH]nc(CC)c3c2)cnn1C. The van der Waals surface area contributed by atoms with Gasteiger partial charge in [-0.2, -0.15) is 10.2 Å². The average Bonchev–Trinajstić information content (AvgIpc) is 3.57. The van der Waals surface area contributed by atoms with Gasteiger partial charge in [0.05, 0.1) is 35.6 Å². The second kappa shape index (κ2) is 8.21. The number of aromatic nitrogens is 4. The van der Waals surface area contributed by atoms with Gasteiger partial charge < -0.3 is 4.74 Å². The van der Waals surface area contributed by atoms with Crippen LogP contribution in [0.25, 0.3) is 38.0 Å². The Bertz CT molecular complexity index is 1470. The highest BCUT2D eigenvalue weighted by Crippen LogP contribution is 2.44. The summed E-state index contributed by atoms with van der Waals surface area (Å²) >= 11 is 0. The zero-order valence-corrected chi connectivity index (χ0v) is 19.0. The number of aryl methyl sites for hydroxylation is 3. The molecule has 4 aromatic rings. The van der Waals surface area contributed by atoms with Crippen molar-refractivity contribution in [3.05, 3.63) is 69.6 Å². The maximum Gasteiger partial charge on any atom is 0.272 e. The molecule has 166 valence electrons. The van der Waals surface area contributed by atoms with Gasteiger partial charge in [0.15, 0.2) is 0 Å². The summed E-state index contributed by atoms with van der Waals surface area (Å²) in [5.74, 6) is 0.619. The standard InChI is InChI=1S/C26H25N5O2/c1-5-15-12-16(13-19-21(6-2)29-30-26(32)23(15)19)20-14-28-31(4)25(20)18-8-7-9-22(24(18)27-3)33-17-10-11-17/h7-9,12-14,17H,5-6,10-11H2,1-2,4H3,(H,30,32). The Hall–Kier alpha value is -3.92. The van der Waals surface area contributed by atoms with Crippen LogP contribution in [-0.2, 0) is 19.9 Å². The fourth-order valence-corrected chi connectivity index (χ4v) is 4.39. The van der Waals surface area contributed by atoms with Crippen molar-refractivity contribution in [2.45, 2.75) is 45.6 Å². The van der Waals surface area contributed by atoms with Crippen LogP contribution in [0.4, 0.5) is 5.69 Å². The molecular formula is C26H25N5O2. The summed E-state index contributed by atoms with van der Waals surface area (Å²) in [6.07, 6.45) is 5.52. The predicted octanol–water partition coefficient (Wildman–Crippen LogP) is 5.21. The second-order valence-electron chi connectivity index (χ2n) is 8.38. The third-order valence-corrected chi connectivity index (χ3v) is 6.20. The first-order chi connectivity index (χ1) is 16.0. The Balaban J connectivity index is 1.75. The topological polar surface area (TPSA) is 77.2 Å². The van der Waals surface area contributed by atoms with Crippen LogP contribution in [0.5, 0.6) is 5.75 Å². The van der Waals surface area contributed by atoms with Crippen LogP contribution in [0.3, 0.4) is 0 Å². The molecule has 33 heavy (non-hydrogen) atoms. The van der Waals surface area contributed by atoms with Gasteiger partial charge in [0.2, 0.25) is 5.69 Å². The van der Waals surface area contributed by atoms with E-state index in [1.165, 1.54) is 0 Å². The number of nitrogens with zero attached hydrogens (tertiary/aromatic N) is 4. The first-order valence-electron chi connectivity index (χ1n) is 11.3. The fourth-order valence-electron chi connectivity index (χ4n) is 4.39. The summed E-state index contributed by atoms with van der Waals surface area (Å²) in [7, 11) is 1.88. The van der Waals surface area contributed by atoms with Gasteiger partial charge in [-0.3, -0.25) is 9.48 Å². The van der Waals surface area contributed by atoms with Crippen molar-refractivity contribution in [1.29, 1.82) is 0 Å². The zero-order valence-electron chi connectivity index (χ0n) is 19.0. The van der Waals surface area contributed by atoms with Gasteiger partial charge in [-0.1, -0.05) is 32.0 Å². The molecule has 2 aromatic carbocycles. The number of H-pyrrole nitrogens is 1. The number of para-hydroxylation sites is 1. The molecule has 1 aliphatic carbocycles. The molecule has 7 heteroatoms. The molecule has 2 heterocycles. The van der Waals surface area contributed by atoms with Crippen LogP contribution in [0.15, 0.2) is 41.3 Å². The normalized spacial score (nSPS) is 13.3. The first-order valence-corrected chi connectivity index (χ1v) is 11.3. The molecule has 0 bridgehead atoms. The third kappa shape index (κ3) is 3.58. The van der Waals surface area contributed by atoms with E-state index in [-0.39, 0.29) is 11.7 Å². The van der Waals surface area contributed by atoms with Crippen molar-refractivity contribution in [2.75, 3.05) is 0 Å². The predicted molar refractivity (Wildman–Crippen MR) is 129 cm³/mol. The van der Waals surface area contributed by atoms with Gasteiger partial charge in [0.25, 0.3) is 5.56 Å². The van der Waals surface area contributed by atoms with Crippen molar-refractivity contribution >= 4 is 16.5 Å². The van der Waals surface area contributed by atoms with E-state index in [4.69, 9.17) is 11.3 Å². The van der Waals surface area contributed by atoms with E-state index in [2.05, 4.69) is 26.2 Å². The van der Waals surface area contributed by atoms with Gasteiger partial charge in [0.1, 0.15) is 5.75 Å². The van der Waals surface area contributed by atoms with E-state index < -0.39 is 0 Å². The van der Waals surface area contributed by atoms with Crippen LogP contribution in [0.1, 0.15) is 37.9 Å². The molecule has 0 radical (unpaired) electrons. The largest absolute Gasteiger partial charge is 0.501 e. The number of benzene rings is 2. The fraction of sp³-hybridized carbons (Fsp3) is 0.308. The number of ether oxygens (including phenoxy) is 1. The molecule has 0 atom stereocenters. The number of aromatic amines is 1. The maximum absolute atomic E-state index is 12.6. The molecule has 0 aliphatic heterocycles. The quantitative estimate of drug-likeness (QED) is 0.419. The van der Waals surface area contributed by atoms with E-state index >= 15 is 0 Å². The lowest BCUT2D eigenvalue weighted by Gasteiger charge is -2.14. The lowest BCUT2D eigenvalue weighted by molar-refractivity contribution is 0.305. The van der Waals surface area contributed by atoms with E-state index in [1.54, 1.807) is 4.68 Å². The Morgan fingerprint density at radius 3 is 2.73 bits per heavy atom. The van der Waals surface area contributed by atoms with Crippen molar-refractivity contribution < 1.29 is 4.74 Å². The highest BCUT2D eigenvalue weighted by molar-refractivity contribution is 5.95. The number of hydrogen-bond acceptors (Lipinski definition) is 4. The van der Waals surface area contributed by atoms with Crippen molar-refractivity contribution in [3.63, 3.8) is 0 Å². The molecular weight excluding hydrogens is 414 g/mol. The minimum absolute atomic E-state index is 0.169. The minimum atomic E-state index is -0.169. The minimum Gasteiger partial charge on any atom is -0.501 e. The van der Waals surface area contributed by atoms with Crippen molar-refractivity contribution in [2.24, 2.45) is 7.05 Å². The van der Waals surface area contributed by atoms with Gasteiger partial charge in [-0.15, -0.1) is 0 Å². The summed E-state index contributed by atoms with van der Waals surface area (Å²) < 4.78 is 7.82. The molecule has 1 fully saturated rings. The summed E-state index contributed by atoms with van der Waals surface area (Å²) in [5.41, 5.74) is 5.64. The molecule has 1 saturated carbocycles. The van der Waals surface area contributed by atoms with E-state index in [0.29, 0.717) is 29.7 Å². The molecule has 0 saturated heterocycles. The van der Waals surface area contributed by atoms with Crippen molar-refractivity contribution in [3.8, 4) is 28.1 Å². The van der Waals surface area contributed by atoms with E-state index in [0.717, 1.165) is 51.9 Å². The summed E-state index contributed by atoms with van der Waals surface area (Å²) in [6, 6.07) is 9.81. The molecule has 2 aromatic heterocycles. The van der Waals surface area contributed by atoms with Gasteiger partial charge >= 0.3 is 0 Å². The summed E-state index contributed by atoms with van der Waals surface area (Å²) in [5, 5.41) is 13.0. The molecule has 0 amide bonds. The lowest BCUT2D eigenvalue weighted by atomic mass is 9.93. The highest BCUT2D eigenvalue weighted by Gasteiger charge is 2.26. The molecule has 0 spiro atoms. The first kappa shape index (κ1) is 21.0. The Morgan fingerprint density at radius 2 is 2.03 bits per heavy atom. The van der Waals surface area contributed by atoms with Crippen LogP contribution in [-0.4, -0.2) is 26.1 Å². The summed E-state index contributed by atoms with van der Waals surface area (Å²) in [6.45, 7) is 11.9. The lowest BCUT2D eigenvalue weighted by Crippen LogP contribution is -2.13. The molecule has 5 rings (SSSR count). The smallest absolute Gasteiger partial charge is 0.272 e.